The van der Waals surface area contributed by atoms with Gasteiger partial charge in [0, 0.05) is 6.04 Å². The van der Waals surface area contributed by atoms with Crippen molar-refractivity contribution in [2.75, 3.05) is 0 Å². The molecule has 0 radical (unpaired) electrons. The van der Waals surface area contributed by atoms with Gasteiger partial charge in [-0.3, -0.25) is 5.32 Å². The summed E-state index contributed by atoms with van der Waals surface area (Å²) < 4.78 is 0. The van der Waals surface area contributed by atoms with Gasteiger partial charge in [-0.2, -0.15) is 16.6 Å². The van der Waals surface area contributed by atoms with Crippen LogP contribution in [0.15, 0.2) is 47.2 Å². The van der Waals surface area contributed by atoms with Crippen molar-refractivity contribution in [1.29, 1.82) is 5.26 Å². The number of nitrogens with one attached hydrogen (secondary N) is 1. The van der Waals surface area contributed by atoms with E-state index >= 15 is 0 Å². The highest BCUT2D eigenvalue weighted by Crippen LogP contribution is 2.20. The first-order valence-electron chi connectivity index (χ1n) is 5.54. The first-order chi connectivity index (χ1) is 8.31. The molecular formula is C14H14N2S. The van der Waals surface area contributed by atoms with Crippen molar-refractivity contribution in [2.24, 2.45) is 0 Å². The molecule has 0 bridgehead atoms. The van der Waals surface area contributed by atoms with Gasteiger partial charge in [-0.15, -0.1) is 0 Å². The molecule has 0 fully saturated rings. The molecule has 0 saturated heterocycles. The maximum Gasteiger partial charge on any atom is 0.122 e. The predicted molar refractivity (Wildman–Crippen MR) is 70.7 cm³/mol. The van der Waals surface area contributed by atoms with Crippen molar-refractivity contribution in [1.82, 2.24) is 5.32 Å². The fourth-order valence-electron chi connectivity index (χ4n) is 1.74. The number of thiophene rings is 1. The van der Waals surface area contributed by atoms with Crippen molar-refractivity contribution >= 4 is 11.3 Å². The Morgan fingerprint density at radius 1 is 1.18 bits per heavy atom. The summed E-state index contributed by atoms with van der Waals surface area (Å²) in [4.78, 5) is 0. The molecule has 1 aromatic heterocycles. The van der Waals surface area contributed by atoms with E-state index in [-0.39, 0.29) is 12.1 Å². The molecule has 3 heteroatoms. The number of nitriles is 1. The molecule has 0 amide bonds. The molecule has 2 nitrogen and oxygen atoms in total. The van der Waals surface area contributed by atoms with Gasteiger partial charge in [0.05, 0.1) is 6.07 Å². The second-order valence-electron chi connectivity index (χ2n) is 3.92. The van der Waals surface area contributed by atoms with Crippen LogP contribution < -0.4 is 5.32 Å². The Kier molecular flexibility index (Phi) is 3.92. The third-order valence-electron chi connectivity index (χ3n) is 2.72. The summed E-state index contributed by atoms with van der Waals surface area (Å²) >= 11 is 1.62. The largest absolute Gasteiger partial charge is 0.292 e. The monoisotopic (exact) mass is 242 g/mol. The maximum atomic E-state index is 9.19. The van der Waals surface area contributed by atoms with Crippen LogP contribution in [0.3, 0.4) is 0 Å². The van der Waals surface area contributed by atoms with Crippen LogP contribution in [-0.2, 0) is 0 Å². The Bertz CT molecular complexity index is 485. The average Bonchev–Trinajstić information content (AvgIpc) is 2.90. The molecule has 2 atom stereocenters. The van der Waals surface area contributed by atoms with E-state index in [1.807, 2.05) is 35.0 Å². The number of rotatable bonds is 4. The van der Waals surface area contributed by atoms with Crippen LogP contribution in [0, 0.1) is 11.3 Å². The average molecular weight is 242 g/mol. The van der Waals surface area contributed by atoms with E-state index in [4.69, 9.17) is 0 Å². The van der Waals surface area contributed by atoms with Gasteiger partial charge < -0.3 is 0 Å². The molecule has 1 aromatic carbocycles. The van der Waals surface area contributed by atoms with Gasteiger partial charge in [0.25, 0.3) is 0 Å². The van der Waals surface area contributed by atoms with E-state index in [9.17, 15) is 5.26 Å². The minimum absolute atomic E-state index is 0.167. The van der Waals surface area contributed by atoms with Crippen LogP contribution in [0.4, 0.5) is 0 Å². The second kappa shape index (κ2) is 5.62. The second-order valence-corrected chi connectivity index (χ2v) is 4.70. The van der Waals surface area contributed by atoms with E-state index < -0.39 is 0 Å². The summed E-state index contributed by atoms with van der Waals surface area (Å²) in [6.45, 7) is 2.08. The lowest BCUT2D eigenvalue weighted by Crippen LogP contribution is -2.23. The van der Waals surface area contributed by atoms with Crippen LogP contribution in [-0.4, -0.2) is 0 Å². The highest BCUT2D eigenvalue weighted by Gasteiger charge is 2.14. The zero-order valence-electron chi connectivity index (χ0n) is 9.63. The Balaban J connectivity index is 2.08. The lowest BCUT2D eigenvalue weighted by Gasteiger charge is -2.17. The fraction of sp³-hybridized carbons (Fsp3) is 0.214. The molecule has 0 spiro atoms. The Morgan fingerprint density at radius 2 is 1.94 bits per heavy atom. The summed E-state index contributed by atoms with van der Waals surface area (Å²) in [5.41, 5.74) is 2.24. The maximum absolute atomic E-state index is 9.19. The topological polar surface area (TPSA) is 35.8 Å². The van der Waals surface area contributed by atoms with Crippen molar-refractivity contribution < 1.29 is 0 Å². The third-order valence-corrected chi connectivity index (χ3v) is 3.42. The zero-order valence-corrected chi connectivity index (χ0v) is 10.4. The standard InChI is InChI=1S/C14H14N2S/c1-11(12-5-3-2-4-6-12)16-14(9-15)13-7-8-17-10-13/h2-8,10-11,14,16H,1H3. The van der Waals surface area contributed by atoms with Gasteiger partial charge in [-0.1, -0.05) is 30.3 Å². The molecule has 2 aromatic rings. The number of hydrogen-bond donors (Lipinski definition) is 1. The highest BCUT2D eigenvalue weighted by molar-refractivity contribution is 7.08. The molecule has 2 unspecified atom stereocenters. The van der Waals surface area contributed by atoms with Crippen molar-refractivity contribution in [2.45, 2.75) is 19.0 Å². The van der Waals surface area contributed by atoms with Gasteiger partial charge in [-0.25, -0.2) is 0 Å². The van der Waals surface area contributed by atoms with Gasteiger partial charge in [0.2, 0.25) is 0 Å². The molecule has 1 heterocycles. The molecule has 17 heavy (non-hydrogen) atoms. The SMILES string of the molecule is CC(NC(C#N)c1ccsc1)c1ccccc1. The smallest absolute Gasteiger partial charge is 0.122 e. The van der Waals surface area contributed by atoms with Gasteiger partial charge >= 0.3 is 0 Å². The van der Waals surface area contributed by atoms with Crippen molar-refractivity contribution in [3.8, 4) is 6.07 Å². The van der Waals surface area contributed by atoms with E-state index in [0.717, 1.165) is 5.56 Å². The summed E-state index contributed by atoms with van der Waals surface area (Å²) in [7, 11) is 0. The normalized spacial score (nSPS) is 13.9. The highest BCUT2D eigenvalue weighted by atomic mass is 32.1. The first kappa shape index (κ1) is 11.8. The summed E-state index contributed by atoms with van der Waals surface area (Å²) in [5, 5.41) is 16.5. The van der Waals surface area contributed by atoms with Gasteiger partial charge in [0.15, 0.2) is 0 Å². The summed E-state index contributed by atoms with van der Waals surface area (Å²) in [6, 6.07) is 14.4. The zero-order chi connectivity index (χ0) is 12.1. The number of nitrogens with zero attached hydrogens (tertiary/aromatic N) is 1. The molecule has 1 N–H and O–H groups in total. The Morgan fingerprint density at radius 3 is 2.53 bits per heavy atom. The van der Waals surface area contributed by atoms with Crippen LogP contribution in [0.2, 0.25) is 0 Å². The Labute approximate surface area is 106 Å². The molecule has 0 aliphatic heterocycles. The predicted octanol–water partition coefficient (Wildman–Crippen LogP) is 3.66. The van der Waals surface area contributed by atoms with Crippen LogP contribution in [0.25, 0.3) is 0 Å². The van der Waals surface area contributed by atoms with Crippen LogP contribution >= 0.6 is 11.3 Å². The van der Waals surface area contributed by atoms with E-state index in [0.29, 0.717) is 0 Å². The van der Waals surface area contributed by atoms with Crippen molar-refractivity contribution in [3.05, 3.63) is 58.3 Å². The minimum Gasteiger partial charge on any atom is -0.292 e. The van der Waals surface area contributed by atoms with E-state index in [1.165, 1.54) is 5.56 Å². The molecular weight excluding hydrogens is 228 g/mol. The quantitative estimate of drug-likeness (QED) is 0.888. The molecule has 0 aliphatic carbocycles. The van der Waals surface area contributed by atoms with Gasteiger partial charge in [-0.05, 0) is 34.9 Å². The lowest BCUT2D eigenvalue weighted by molar-refractivity contribution is 0.534. The third kappa shape index (κ3) is 2.94. The Hall–Kier alpha value is -1.63. The molecule has 0 saturated carbocycles. The molecule has 2 rings (SSSR count). The van der Waals surface area contributed by atoms with Crippen LogP contribution in [0.5, 0.6) is 0 Å². The summed E-state index contributed by atoms with van der Waals surface area (Å²) in [6.07, 6.45) is 0. The van der Waals surface area contributed by atoms with Gasteiger partial charge in [0.1, 0.15) is 6.04 Å². The van der Waals surface area contributed by atoms with E-state index in [2.05, 4.69) is 30.4 Å². The molecule has 86 valence electrons. The number of benzene rings is 1. The lowest BCUT2D eigenvalue weighted by atomic mass is 10.1. The van der Waals surface area contributed by atoms with E-state index in [1.54, 1.807) is 11.3 Å². The van der Waals surface area contributed by atoms with Crippen molar-refractivity contribution in [3.63, 3.8) is 0 Å². The summed E-state index contributed by atoms with van der Waals surface area (Å²) in [5.74, 6) is 0. The minimum atomic E-state index is -0.239. The number of hydrogen-bond acceptors (Lipinski definition) is 3. The first-order valence-corrected chi connectivity index (χ1v) is 6.48. The van der Waals surface area contributed by atoms with Crippen LogP contribution in [0.1, 0.15) is 30.1 Å². The fourth-order valence-corrected chi connectivity index (χ4v) is 2.42. The molecule has 0 aliphatic rings.